The number of hydrogen-bond acceptors (Lipinski definition) is 4. The molecule has 2 aromatic heterocycles. The molecule has 1 aromatic carbocycles. The number of benzene rings is 1. The van der Waals surface area contributed by atoms with Gasteiger partial charge in [0.05, 0.1) is 12.2 Å². The van der Waals surface area contributed by atoms with Crippen molar-refractivity contribution in [1.29, 1.82) is 0 Å². The van der Waals surface area contributed by atoms with Crippen molar-refractivity contribution in [2.75, 3.05) is 13.6 Å². The molecule has 0 unspecified atom stereocenters. The Labute approximate surface area is 152 Å². The van der Waals surface area contributed by atoms with Gasteiger partial charge in [0, 0.05) is 30.8 Å². The molecule has 0 amide bonds. The molecule has 6 heteroatoms. The summed E-state index contributed by atoms with van der Waals surface area (Å²) in [5.41, 5.74) is 2.08. The topological polar surface area (TPSA) is 62.5 Å². The Balaban J connectivity index is 1.47. The number of thiazole rings is 1. The minimum atomic E-state index is 0.464. The van der Waals surface area contributed by atoms with Crippen molar-refractivity contribution >= 4 is 28.3 Å². The third-order valence-corrected chi connectivity index (χ3v) is 4.80. The normalized spacial score (nSPS) is 12.1. The largest absolute Gasteiger partial charge is 0.461 e. The van der Waals surface area contributed by atoms with Crippen molar-refractivity contribution < 1.29 is 4.42 Å². The van der Waals surface area contributed by atoms with Crippen molar-refractivity contribution in [3.05, 3.63) is 52.2 Å². The summed E-state index contributed by atoms with van der Waals surface area (Å²) in [5.74, 6) is 2.22. The van der Waals surface area contributed by atoms with Crippen LogP contribution < -0.4 is 10.6 Å². The Bertz CT molecular complexity index is 817. The number of fused-ring (bicyclic) bond motifs is 1. The van der Waals surface area contributed by atoms with Gasteiger partial charge >= 0.3 is 0 Å². The molecular formula is C19H24N4OS. The van der Waals surface area contributed by atoms with Crippen LogP contribution >= 0.6 is 11.3 Å². The van der Waals surface area contributed by atoms with E-state index < -0.39 is 0 Å². The van der Waals surface area contributed by atoms with Gasteiger partial charge in [0.2, 0.25) is 0 Å². The van der Waals surface area contributed by atoms with Crippen LogP contribution in [0.5, 0.6) is 0 Å². The van der Waals surface area contributed by atoms with Crippen LogP contribution in [0.3, 0.4) is 0 Å². The van der Waals surface area contributed by atoms with Crippen LogP contribution in [0.1, 0.15) is 36.2 Å². The summed E-state index contributed by atoms with van der Waals surface area (Å²) in [6.07, 6.45) is 0.810. The molecule has 0 saturated heterocycles. The van der Waals surface area contributed by atoms with Crippen LogP contribution in [-0.4, -0.2) is 24.5 Å². The van der Waals surface area contributed by atoms with E-state index in [4.69, 9.17) is 4.42 Å². The highest BCUT2D eigenvalue weighted by Gasteiger charge is 2.07. The molecule has 0 aliphatic heterocycles. The summed E-state index contributed by atoms with van der Waals surface area (Å²) in [6, 6.07) is 10.2. The van der Waals surface area contributed by atoms with Crippen LogP contribution in [-0.2, 0) is 13.0 Å². The molecule has 2 heterocycles. The second-order valence-electron chi connectivity index (χ2n) is 6.17. The summed E-state index contributed by atoms with van der Waals surface area (Å²) in [7, 11) is 1.78. The summed E-state index contributed by atoms with van der Waals surface area (Å²) in [4.78, 5) is 8.89. The van der Waals surface area contributed by atoms with Gasteiger partial charge in [0.1, 0.15) is 16.4 Å². The summed E-state index contributed by atoms with van der Waals surface area (Å²) in [5, 5.41) is 11.0. The number of nitrogens with zero attached hydrogens (tertiary/aromatic N) is 2. The van der Waals surface area contributed by atoms with Crippen LogP contribution in [0.2, 0.25) is 0 Å². The summed E-state index contributed by atoms with van der Waals surface area (Å²) < 4.78 is 5.83. The Kier molecular flexibility index (Phi) is 5.71. The van der Waals surface area contributed by atoms with Gasteiger partial charge in [0.15, 0.2) is 5.96 Å². The molecule has 132 valence electrons. The van der Waals surface area contributed by atoms with Gasteiger partial charge in [-0.25, -0.2) is 4.98 Å². The number of guanidine groups is 1. The van der Waals surface area contributed by atoms with Crippen molar-refractivity contribution in [1.82, 2.24) is 15.6 Å². The van der Waals surface area contributed by atoms with Gasteiger partial charge in [-0.2, -0.15) is 0 Å². The van der Waals surface area contributed by atoms with E-state index >= 15 is 0 Å². The molecule has 0 aliphatic carbocycles. The van der Waals surface area contributed by atoms with E-state index in [0.717, 1.165) is 46.4 Å². The number of nitrogens with one attached hydrogen (secondary N) is 2. The number of aromatic nitrogens is 1. The lowest BCUT2D eigenvalue weighted by Crippen LogP contribution is -2.37. The van der Waals surface area contributed by atoms with E-state index in [2.05, 4.69) is 52.0 Å². The van der Waals surface area contributed by atoms with Gasteiger partial charge in [-0.15, -0.1) is 11.3 Å². The molecule has 25 heavy (non-hydrogen) atoms. The predicted molar refractivity (Wildman–Crippen MR) is 104 cm³/mol. The second-order valence-corrected chi connectivity index (χ2v) is 7.12. The standard InChI is InChI=1S/C19H24N4OS/c1-13(2)16-12-25-18(23-16)11-22-19(20-3)21-9-8-15-10-14-6-4-5-7-17(14)24-15/h4-7,10,12-13H,8-9,11H2,1-3H3,(H2,20,21,22). The highest BCUT2D eigenvalue weighted by molar-refractivity contribution is 7.09. The van der Waals surface area contributed by atoms with Crippen LogP contribution in [0.15, 0.2) is 45.1 Å². The number of furan rings is 1. The smallest absolute Gasteiger partial charge is 0.191 e. The fraction of sp³-hybridized carbons (Fsp3) is 0.368. The molecule has 0 aliphatic rings. The van der Waals surface area contributed by atoms with E-state index in [-0.39, 0.29) is 0 Å². The highest BCUT2D eigenvalue weighted by Crippen LogP contribution is 2.19. The molecule has 5 nitrogen and oxygen atoms in total. The average Bonchev–Trinajstić information content (AvgIpc) is 3.24. The Hall–Kier alpha value is -2.34. The first-order valence-corrected chi connectivity index (χ1v) is 9.40. The Morgan fingerprint density at radius 2 is 2.12 bits per heavy atom. The molecule has 0 saturated carbocycles. The molecule has 2 N–H and O–H groups in total. The molecule has 0 radical (unpaired) electrons. The molecule has 3 aromatic rings. The molecule has 0 bridgehead atoms. The second kappa shape index (κ2) is 8.16. The van der Waals surface area contributed by atoms with Crippen molar-refractivity contribution in [3.8, 4) is 0 Å². The lowest BCUT2D eigenvalue weighted by atomic mass is 10.2. The molecule has 0 atom stereocenters. The maximum Gasteiger partial charge on any atom is 0.191 e. The van der Waals surface area contributed by atoms with E-state index in [9.17, 15) is 0 Å². The fourth-order valence-corrected chi connectivity index (χ4v) is 3.41. The number of rotatable bonds is 6. The quantitative estimate of drug-likeness (QED) is 0.519. The molecular weight excluding hydrogens is 332 g/mol. The monoisotopic (exact) mass is 356 g/mol. The molecule has 0 fully saturated rings. The van der Waals surface area contributed by atoms with Crippen molar-refractivity contribution in [3.63, 3.8) is 0 Å². The molecule has 3 rings (SSSR count). The van der Waals surface area contributed by atoms with E-state index in [0.29, 0.717) is 12.5 Å². The number of aliphatic imine (C=N–C) groups is 1. The zero-order valence-corrected chi connectivity index (χ0v) is 15.7. The van der Waals surface area contributed by atoms with Crippen molar-refractivity contribution in [2.24, 2.45) is 4.99 Å². The van der Waals surface area contributed by atoms with Gasteiger partial charge in [-0.1, -0.05) is 32.0 Å². The highest BCUT2D eigenvalue weighted by atomic mass is 32.1. The Morgan fingerprint density at radius 1 is 1.28 bits per heavy atom. The third kappa shape index (κ3) is 4.60. The third-order valence-electron chi connectivity index (χ3n) is 3.93. The van der Waals surface area contributed by atoms with Gasteiger partial charge in [-0.05, 0) is 18.1 Å². The first-order valence-electron chi connectivity index (χ1n) is 8.52. The first-order chi connectivity index (χ1) is 12.2. The zero-order valence-electron chi connectivity index (χ0n) is 14.9. The van der Waals surface area contributed by atoms with Crippen LogP contribution in [0.25, 0.3) is 11.0 Å². The van der Waals surface area contributed by atoms with Gasteiger partial charge in [0.25, 0.3) is 0 Å². The average molecular weight is 356 g/mol. The first kappa shape index (κ1) is 17.5. The SMILES string of the molecule is CN=C(NCCc1cc2ccccc2o1)NCc1nc(C(C)C)cs1. The maximum atomic E-state index is 5.83. The fourth-order valence-electron chi connectivity index (χ4n) is 2.52. The number of hydrogen-bond donors (Lipinski definition) is 2. The lowest BCUT2D eigenvalue weighted by Gasteiger charge is -2.10. The van der Waals surface area contributed by atoms with E-state index in [1.54, 1.807) is 18.4 Å². The Morgan fingerprint density at radius 3 is 2.84 bits per heavy atom. The van der Waals surface area contributed by atoms with E-state index in [1.165, 1.54) is 0 Å². The van der Waals surface area contributed by atoms with Gasteiger partial charge in [-0.3, -0.25) is 4.99 Å². The summed E-state index contributed by atoms with van der Waals surface area (Å²) >= 11 is 1.68. The predicted octanol–water partition coefficient (Wildman–Crippen LogP) is 3.92. The van der Waals surface area contributed by atoms with Crippen LogP contribution in [0.4, 0.5) is 0 Å². The maximum absolute atomic E-state index is 5.83. The zero-order chi connectivity index (χ0) is 17.6. The van der Waals surface area contributed by atoms with Gasteiger partial charge < -0.3 is 15.1 Å². The minimum absolute atomic E-state index is 0.464. The van der Waals surface area contributed by atoms with Crippen molar-refractivity contribution in [2.45, 2.75) is 32.7 Å². The van der Waals surface area contributed by atoms with E-state index in [1.807, 2.05) is 18.2 Å². The number of para-hydroxylation sites is 1. The lowest BCUT2D eigenvalue weighted by molar-refractivity contribution is 0.544. The molecule has 0 spiro atoms. The minimum Gasteiger partial charge on any atom is -0.461 e. The summed E-state index contributed by atoms with van der Waals surface area (Å²) in [6.45, 7) is 5.76. The van der Waals surface area contributed by atoms with Crippen LogP contribution in [0, 0.1) is 0 Å².